The van der Waals surface area contributed by atoms with Gasteiger partial charge in [0.1, 0.15) is 5.00 Å². The van der Waals surface area contributed by atoms with Crippen molar-refractivity contribution in [2.45, 2.75) is 0 Å². The highest BCUT2D eigenvalue weighted by atomic mass is 35.5. The van der Waals surface area contributed by atoms with Crippen LogP contribution in [0.1, 0.15) is 10.4 Å². The maximum Gasteiger partial charge on any atom is 0.256 e. The second kappa shape index (κ2) is 4.46. The second-order valence-electron chi connectivity index (χ2n) is 2.97. The number of halogens is 1. The highest BCUT2D eigenvalue weighted by Crippen LogP contribution is 2.20. The number of rotatable bonds is 2. The molecule has 82 valence electrons. The molecular formula is C9H7ClN4OS. The fraction of sp³-hybridized carbons (Fsp3) is 0. The summed E-state index contributed by atoms with van der Waals surface area (Å²) in [5.41, 5.74) is 6.41. The number of hydrogen-bond acceptors (Lipinski definition) is 5. The summed E-state index contributed by atoms with van der Waals surface area (Å²) in [5.74, 6) is -0.269. The molecule has 1 amide bonds. The fourth-order valence-corrected chi connectivity index (χ4v) is 1.62. The molecule has 16 heavy (non-hydrogen) atoms. The predicted octanol–water partition coefficient (Wildman–Crippen LogP) is 2.03. The molecular weight excluding hydrogens is 248 g/mol. The van der Waals surface area contributed by atoms with Crippen molar-refractivity contribution in [2.24, 2.45) is 0 Å². The van der Waals surface area contributed by atoms with Gasteiger partial charge in [-0.1, -0.05) is 16.1 Å². The van der Waals surface area contributed by atoms with Gasteiger partial charge in [-0.15, -0.1) is 5.10 Å². The Balaban J connectivity index is 2.18. The van der Waals surface area contributed by atoms with Crippen LogP contribution in [0.15, 0.2) is 24.4 Å². The summed E-state index contributed by atoms with van der Waals surface area (Å²) in [6.45, 7) is 0. The van der Waals surface area contributed by atoms with Gasteiger partial charge in [0.2, 0.25) is 0 Å². The lowest BCUT2D eigenvalue weighted by Crippen LogP contribution is -2.11. The van der Waals surface area contributed by atoms with Gasteiger partial charge in [-0.05, 0) is 18.2 Å². The number of nitrogens with two attached hydrogens (primary N) is 1. The molecule has 0 unspecified atom stereocenters. The minimum atomic E-state index is -0.269. The van der Waals surface area contributed by atoms with Crippen LogP contribution in [0.3, 0.4) is 0 Å². The molecule has 5 nitrogen and oxygen atoms in total. The van der Waals surface area contributed by atoms with Crippen molar-refractivity contribution in [3.63, 3.8) is 0 Å². The number of nitrogen functional groups attached to an aromatic ring is 1. The molecule has 3 N–H and O–H groups in total. The van der Waals surface area contributed by atoms with Crippen LogP contribution in [0.2, 0.25) is 5.02 Å². The van der Waals surface area contributed by atoms with Gasteiger partial charge in [-0.25, -0.2) is 0 Å². The number of benzene rings is 1. The van der Waals surface area contributed by atoms with Gasteiger partial charge in [0.25, 0.3) is 5.91 Å². The first-order chi connectivity index (χ1) is 7.66. The highest BCUT2D eigenvalue weighted by Gasteiger charge is 2.08. The Bertz CT molecular complexity index is 514. The number of carbonyl (C=O) groups is 1. The molecule has 1 aromatic carbocycles. The van der Waals surface area contributed by atoms with E-state index in [1.165, 1.54) is 12.3 Å². The lowest BCUT2D eigenvalue weighted by molar-refractivity contribution is 0.102. The Hall–Kier alpha value is -1.66. The number of nitrogens with one attached hydrogen (secondary N) is 1. The molecule has 0 radical (unpaired) electrons. The first kappa shape index (κ1) is 10.8. The van der Waals surface area contributed by atoms with Crippen LogP contribution in [0.4, 0.5) is 10.7 Å². The Kier molecular flexibility index (Phi) is 3.02. The van der Waals surface area contributed by atoms with E-state index in [4.69, 9.17) is 17.3 Å². The lowest BCUT2D eigenvalue weighted by Gasteiger charge is -2.03. The Morgan fingerprint density at radius 1 is 1.50 bits per heavy atom. The third-order valence-electron chi connectivity index (χ3n) is 1.86. The van der Waals surface area contributed by atoms with E-state index in [1.807, 2.05) is 0 Å². The van der Waals surface area contributed by atoms with Gasteiger partial charge in [0.15, 0.2) is 0 Å². The summed E-state index contributed by atoms with van der Waals surface area (Å²) in [6, 6.07) is 4.70. The SMILES string of the molecule is Nc1cc(C(=O)Nc2cnns2)ccc1Cl. The zero-order valence-corrected chi connectivity index (χ0v) is 9.55. The summed E-state index contributed by atoms with van der Waals surface area (Å²) in [4.78, 5) is 11.7. The normalized spacial score (nSPS) is 10.1. The van der Waals surface area contributed by atoms with Crippen LogP contribution in [0.5, 0.6) is 0 Å². The minimum Gasteiger partial charge on any atom is -0.398 e. The van der Waals surface area contributed by atoms with E-state index in [9.17, 15) is 4.79 Å². The Morgan fingerprint density at radius 3 is 2.94 bits per heavy atom. The van der Waals surface area contributed by atoms with Gasteiger partial charge in [-0.3, -0.25) is 4.79 Å². The molecule has 0 bridgehead atoms. The Morgan fingerprint density at radius 2 is 2.31 bits per heavy atom. The third kappa shape index (κ3) is 2.29. The van der Waals surface area contributed by atoms with Crippen molar-refractivity contribution in [3.05, 3.63) is 35.0 Å². The van der Waals surface area contributed by atoms with E-state index >= 15 is 0 Å². The van der Waals surface area contributed by atoms with Crippen LogP contribution in [0, 0.1) is 0 Å². The van der Waals surface area contributed by atoms with Gasteiger partial charge >= 0.3 is 0 Å². The summed E-state index contributed by atoms with van der Waals surface area (Å²) in [7, 11) is 0. The van der Waals surface area contributed by atoms with Crippen LogP contribution in [-0.2, 0) is 0 Å². The number of carbonyl (C=O) groups excluding carboxylic acids is 1. The summed E-state index contributed by atoms with van der Waals surface area (Å²) in [6.07, 6.45) is 1.47. The maximum atomic E-state index is 11.7. The molecule has 0 spiro atoms. The van der Waals surface area contributed by atoms with Crippen molar-refractivity contribution in [3.8, 4) is 0 Å². The first-order valence-corrected chi connectivity index (χ1v) is 5.45. The van der Waals surface area contributed by atoms with Crippen LogP contribution in [-0.4, -0.2) is 15.5 Å². The molecule has 2 rings (SSSR count). The first-order valence-electron chi connectivity index (χ1n) is 4.30. The number of aromatic nitrogens is 2. The number of amides is 1. The standard InChI is InChI=1S/C9H7ClN4OS/c10-6-2-1-5(3-7(6)11)9(15)13-8-4-12-14-16-8/h1-4H,11H2,(H,13,15). The third-order valence-corrected chi connectivity index (χ3v) is 2.78. The van der Waals surface area contributed by atoms with Gasteiger partial charge in [0.05, 0.1) is 16.9 Å². The van der Waals surface area contributed by atoms with E-state index < -0.39 is 0 Å². The van der Waals surface area contributed by atoms with Crippen LogP contribution >= 0.6 is 23.1 Å². The van der Waals surface area contributed by atoms with E-state index in [0.29, 0.717) is 21.3 Å². The van der Waals surface area contributed by atoms with E-state index in [-0.39, 0.29) is 5.91 Å². The molecule has 0 aliphatic carbocycles. The lowest BCUT2D eigenvalue weighted by atomic mass is 10.2. The van der Waals surface area contributed by atoms with Crippen LogP contribution in [0.25, 0.3) is 0 Å². The second-order valence-corrected chi connectivity index (χ2v) is 4.17. The van der Waals surface area contributed by atoms with Crippen molar-refractivity contribution in [2.75, 3.05) is 11.1 Å². The predicted molar refractivity (Wildman–Crippen MR) is 63.7 cm³/mol. The van der Waals surface area contributed by atoms with Crippen molar-refractivity contribution in [1.82, 2.24) is 9.59 Å². The highest BCUT2D eigenvalue weighted by molar-refractivity contribution is 7.10. The monoisotopic (exact) mass is 254 g/mol. The van der Waals surface area contributed by atoms with E-state index in [2.05, 4.69) is 14.9 Å². The minimum absolute atomic E-state index is 0.269. The average Bonchev–Trinajstić information content (AvgIpc) is 2.74. The average molecular weight is 255 g/mol. The summed E-state index contributed by atoms with van der Waals surface area (Å²) < 4.78 is 3.63. The fourth-order valence-electron chi connectivity index (χ4n) is 1.09. The molecule has 0 aliphatic rings. The molecule has 0 atom stereocenters. The van der Waals surface area contributed by atoms with Gasteiger partial charge in [-0.2, -0.15) is 0 Å². The quantitative estimate of drug-likeness (QED) is 0.804. The largest absolute Gasteiger partial charge is 0.398 e. The summed E-state index contributed by atoms with van der Waals surface area (Å²) >= 11 is 6.86. The smallest absolute Gasteiger partial charge is 0.256 e. The molecule has 2 aromatic rings. The van der Waals surface area contributed by atoms with Crippen molar-refractivity contribution >= 4 is 39.7 Å². The van der Waals surface area contributed by atoms with Crippen molar-refractivity contribution < 1.29 is 4.79 Å². The molecule has 1 heterocycles. The molecule has 7 heteroatoms. The Labute approximate surface area is 100 Å². The number of hydrogen-bond donors (Lipinski definition) is 2. The van der Waals surface area contributed by atoms with E-state index in [1.54, 1.807) is 12.1 Å². The molecule has 0 saturated heterocycles. The van der Waals surface area contributed by atoms with Crippen molar-refractivity contribution in [1.29, 1.82) is 0 Å². The molecule has 0 aliphatic heterocycles. The van der Waals surface area contributed by atoms with Crippen LogP contribution < -0.4 is 11.1 Å². The molecule has 0 fully saturated rings. The zero-order chi connectivity index (χ0) is 11.5. The number of anilines is 2. The number of nitrogens with zero attached hydrogens (tertiary/aromatic N) is 2. The zero-order valence-electron chi connectivity index (χ0n) is 7.98. The maximum absolute atomic E-state index is 11.7. The molecule has 1 aromatic heterocycles. The topological polar surface area (TPSA) is 80.9 Å². The summed E-state index contributed by atoms with van der Waals surface area (Å²) in [5, 5.41) is 7.26. The van der Waals surface area contributed by atoms with E-state index in [0.717, 1.165) is 11.5 Å². The van der Waals surface area contributed by atoms with Gasteiger partial charge in [0, 0.05) is 17.1 Å². The van der Waals surface area contributed by atoms with Gasteiger partial charge < -0.3 is 11.1 Å². The molecule has 0 saturated carbocycles.